The van der Waals surface area contributed by atoms with E-state index in [1.165, 1.54) is 76.5 Å². The molecule has 0 aliphatic heterocycles. The van der Waals surface area contributed by atoms with Crippen molar-refractivity contribution in [3.63, 3.8) is 0 Å². The second-order valence-corrected chi connectivity index (χ2v) is 13.1. The van der Waals surface area contributed by atoms with E-state index in [-0.39, 0.29) is 0 Å². The van der Waals surface area contributed by atoms with Crippen molar-refractivity contribution < 1.29 is 0 Å². The molecule has 0 N–H and O–H groups in total. The molecule has 3 heterocycles. The summed E-state index contributed by atoms with van der Waals surface area (Å²) in [5, 5.41) is 12.5. The van der Waals surface area contributed by atoms with Crippen LogP contribution in [0, 0.1) is 13.8 Å². The van der Waals surface area contributed by atoms with Gasteiger partial charge in [0, 0.05) is 51.1 Å². The summed E-state index contributed by atoms with van der Waals surface area (Å²) in [7, 11) is 0. The van der Waals surface area contributed by atoms with Gasteiger partial charge >= 0.3 is 0 Å². The highest BCUT2D eigenvalue weighted by Crippen LogP contribution is 2.46. The highest BCUT2D eigenvalue weighted by molar-refractivity contribution is 6.33. The predicted octanol–water partition coefficient (Wildman–Crippen LogP) is 12.1. The maximum absolute atomic E-state index is 4.97. The zero-order valence-electron chi connectivity index (χ0n) is 27.3. The van der Waals surface area contributed by atoms with Gasteiger partial charge in [0.05, 0.1) is 16.7 Å². The van der Waals surface area contributed by atoms with E-state index in [0.717, 1.165) is 27.7 Å². The van der Waals surface area contributed by atoms with E-state index < -0.39 is 0 Å². The summed E-state index contributed by atoms with van der Waals surface area (Å²) < 4.78 is 2.48. The van der Waals surface area contributed by atoms with Gasteiger partial charge in [0.2, 0.25) is 0 Å². The molecule has 0 aliphatic rings. The third-order valence-corrected chi connectivity index (χ3v) is 10.4. The molecule has 0 radical (unpaired) electrons. The van der Waals surface area contributed by atoms with Crippen LogP contribution in [0.25, 0.3) is 93.0 Å². The first-order valence-corrected chi connectivity index (χ1v) is 16.8. The van der Waals surface area contributed by atoms with Gasteiger partial charge in [0.1, 0.15) is 0 Å². The summed E-state index contributed by atoms with van der Waals surface area (Å²) in [6.45, 7) is 4.55. The maximum Gasteiger partial charge on any atom is 0.0718 e. The van der Waals surface area contributed by atoms with Gasteiger partial charge in [-0.1, -0.05) is 103 Å². The molecule has 3 heteroatoms. The number of para-hydroxylation sites is 1. The van der Waals surface area contributed by atoms with E-state index in [0.29, 0.717) is 0 Å². The Labute approximate surface area is 283 Å². The normalized spacial score (nSPS) is 11.9. The van der Waals surface area contributed by atoms with Crippen LogP contribution in [-0.2, 0) is 0 Å². The van der Waals surface area contributed by atoms with Crippen molar-refractivity contribution in [1.82, 2.24) is 14.5 Å². The highest BCUT2D eigenvalue weighted by atomic mass is 15.0. The lowest BCUT2D eigenvalue weighted by Crippen LogP contribution is -1.97. The van der Waals surface area contributed by atoms with Gasteiger partial charge in [0.25, 0.3) is 0 Å². The number of benzene rings is 7. The smallest absolute Gasteiger partial charge is 0.0718 e. The van der Waals surface area contributed by atoms with Crippen molar-refractivity contribution >= 4 is 64.9 Å². The molecule has 10 rings (SSSR count). The van der Waals surface area contributed by atoms with Crippen molar-refractivity contribution in [3.8, 4) is 28.1 Å². The van der Waals surface area contributed by atoms with Crippen molar-refractivity contribution in [3.05, 3.63) is 163 Å². The van der Waals surface area contributed by atoms with E-state index in [9.17, 15) is 0 Å². The summed E-state index contributed by atoms with van der Waals surface area (Å²) in [6.07, 6.45) is 3.94. The maximum atomic E-state index is 4.97. The molecular formula is C46H31N3. The molecule has 230 valence electrons. The first-order chi connectivity index (χ1) is 24.1. The molecule has 0 saturated heterocycles. The standard InChI is InChI=1S/C46H31N3/c1-28-29(2)49(35-21-19-30-11-3-4-12-31(30)24-35)46-39-17-9-7-15-37(39)41-25-40(36-14-6-8-16-38(36)45(41)44(28)46)33-20-22-43(47-26-33)34-23-32-13-5-10-18-42(32)48-27-34/h3-27H,1-2H3. The van der Waals surface area contributed by atoms with E-state index in [4.69, 9.17) is 4.98 Å². The van der Waals surface area contributed by atoms with Crippen molar-refractivity contribution in [1.29, 1.82) is 0 Å². The number of fused-ring (bicyclic) bond motifs is 10. The topological polar surface area (TPSA) is 30.7 Å². The number of rotatable bonds is 3. The SMILES string of the molecule is Cc1c(C)n(-c2ccc3ccccc3c2)c2c3ccccc3c3cc(-c4ccc(-c5cnc6ccccc6c5)nc4)c4ccccc4c3c12. The second-order valence-electron chi connectivity index (χ2n) is 13.1. The lowest BCUT2D eigenvalue weighted by molar-refractivity contribution is 1.05. The summed E-state index contributed by atoms with van der Waals surface area (Å²) >= 11 is 0. The number of aryl methyl sites for hydroxylation is 1. The van der Waals surface area contributed by atoms with Crippen LogP contribution < -0.4 is 0 Å². The Morgan fingerprint density at radius 2 is 1.16 bits per heavy atom. The largest absolute Gasteiger partial charge is 0.313 e. The van der Waals surface area contributed by atoms with Crippen LogP contribution in [0.3, 0.4) is 0 Å². The minimum absolute atomic E-state index is 0.917. The summed E-state index contributed by atoms with van der Waals surface area (Å²) in [5.74, 6) is 0. The monoisotopic (exact) mass is 625 g/mol. The molecular weight excluding hydrogens is 595 g/mol. The second kappa shape index (κ2) is 10.6. The van der Waals surface area contributed by atoms with Crippen LogP contribution in [0.4, 0.5) is 0 Å². The first-order valence-electron chi connectivity index (χ1n) is 16.8. The fraction of sp³-hybridized carbons (Fsp3) is 0.0435. The van der Waals surface area contributed by atoms with Crippen molar-refractivity contribution in [2.75, 3.05) is 0 Å². The van der Waals surface area contributed by atoms with Gasteiger partial charge in [-0.3, -0.25) is 9.97 Å². The number of pyridine rings is 2. The number of hydrogen-bond acceptors (Lipinski definition) is 2. The Bertz CT molecular complexity index is 2950. The van der Waals surface area contributed by atoms with Crippen LogP contribution in [0.15, 0.2) is 152 Å². The lowest BCUT2D eigenvalue weighted by Gasteiger charge is -2.17. The van der Waals surface area contributed by atoms with Gasteiger partial charge in [-0.25, -0.2) is 0 Å². The predicted molar refractivity (Wildman–Crippen MR) is 207 cm³/mol. The summed E-state index contributed by atoms with van der Waals surface area (Å²) in [5.41, 5.74) is 10.2. The third kappa shape index (κ3) is 4.15. The van der Waals surface area contributed by atoms with E-state index in [2.05, 4.69) is 145 Å². The Balaban J connectivity index is 1.24. The van der Waals surface area contributed by atoms with Gasteiger partial charge in [-0.2, -0.15) is 0 Å². The molecule has 0 bridgehead atoms. The number of hydrogen-bond donors (Lipinski definition) is 0. The Kier molecular flexibility index (Phi) is 6.00. The zero-order valence-corrected chi connectivity index (χ0v) is 27.3. The van der Waals surface area contributed by atoms with Crippen LogP contribution in [-0.4, -0.2) is 14.5 Å². The van der Waals surface area contributed by atoms with Crippen LogP contribution in [0.1, 0.15) is 11.3 Å². The van der Waals surface area contributed by atoms with E-state index >= 15 is 0 Å². The molecule has 0 fully saturated rings. The van der Waals surface area contributed by atoms with Crippen molar-refractivity contribution in [2.24, 2.45) is 0 Å². The number of aromatic nitrogens is 3. The Morgan fingerprint density at radius 3 is 1.98 bits per heavy atom. The average Bonchev–Trinajstić information content (AvgIpc) is 3.43. The molecule has 0 aliphatic carbocycles. The molecule has 0 amide bonds. The lowest BCUT2D eigenvalue weighted by atomic mass is 9.88. The van der Waals surface area contributed by atoms with Crippen LogP contribution in [0.2, 0.25) is 0 Å². The van der Waals surface area contributed by atoms with Gasteiger partial charge in [-0.15, -0.1) is 0 Å². The quantitative estimate of drug-likeness (QED) is 0.183. The Morgan fingerprint density at radius 1 is 0.469 bits per heavy atom. The fourth-order valence-corrected chi connectivity index (χ4v) is 7.96. The zero-order chi connectivity index (χ0) is 32.6. The van der Waals surface area contributed by atoms with Gasteiger partial charge in [-0.05, 0) is 99.1 Å². The van der Waals surface area contributed by atoms with E-state index in [1.54, 1.807) is 0 Å². The van der Waals surface area contributed by atoms with Crippen LogP contribution in [0.5, 0.6) is 0 Å². The fourth-order valence-electron chi connectivity index (χ4n) is 7.96. The number of nitrogens with zero attached hydrogens (tertiary/aromatic N) is 3. The molecule has 3 aromatic heterocycles. The molecule has 10 aromatic rings. The molecule has 0 atom stereocenters. The van der Waals surface area contributed by atoms with E-state index in [1.807, 2.05) is 30.6 Å². The first kappa shape index (κ1) is 27.8. The molecule has 0 saturated carbocycles. The molecule has 0 unspecified atom stereocenters. The third-order valence-electron chi connectivity index (χ3n) is 10.4. The molecule has 49 heavy (non-hydrogen) atoms. The van der Waals surface area contributed by atoms with Gasteiger partial charge < -0.3 is 4.57 Å². The minimum Gasteiger partial charge on any atom is -0.313 e. The molecule has 0 spiro atoms. The summed E-state index contributed by atoms with van der Waals surface area (Å²) in [6, 6.07) is 50.3. The summed E-state index contributed by atoms with van der Waals surface area (Å²) in [4.78, 5) is 9.64. The molecule has 7 aromatic carbocycles. The van der Waals surface area contributed by atoms with Gasteiger partial charge in [0.15, 0.2) is 0 Å². The minimum atomic E-state index is 0.917. The average molecular weight is 626 g/mol. The Hall–Kier alpha value is -6.32. The highest BCUT2D eigenvalue weighted by Gasteiger charge is 2.22. The van der Waals surface area contributed by atoms with Crippen molar-refractivity contribution in [2.45, 2.75) is 13.8 Å². The van der Waals surface area contributed by atoms with Crippen LogP contribution >= 0.6 is 0 Å². The molecule has 3 nitrogen and oxygen atoms in total.